The molecule has 12 nitrogen and oxygen atoms in total. The lowest BCUT2D eigenvalue weighted by atomic mass is 10.1. The molecule has 0 aromatic rings. The van der Waals surface area contributed by atoms with Crippen molar-refractivity contribution in [3.8, 4) is 0 Å². The van der Waals surface area contributed by atoms with Crippen molar-refractivity contribution in [2.24, 2.45) is 11.5 Å². The molecule has 1 unspecified atom stereocenters. The van der Waals surface area contributed by atoms with E-state index in [0.717, 1.165) is 44.9 Å². The van der Waals surface area contributed by atoms with E-state index in [0.29, 0.717) is 0 Å². The normalized spacial score (nSPS) is 15.5. The second kappa shape index (κ2) is 41.9. The molecule has 0 bridgehead atoms. The molecule has 0 amide bonds. The number of thioether (sulfide) groups is 1. The minimum Gasteiger partial charge on any atom is -0.498 e. The molecule has 0 aromatic carbocycles. The highest BCUT2D eigenvalue weighted by Crippen LogP contribution is 2.43. The number of phosphoric acid groups is 1. The van der Waals surface area contributed by atoms with E-state index in [2.05, 4.69) is 38.2 Å². The summed E-state index contributed by atoms with van der Waals surface area (Å²) in [6.45, 7) is 3.59. The smallest absolute Gasteiger partial charge is 0.472 e. The van der Waals surface area contributed by atoms with Crippen molar-refractivity contribution < 1.29 is 47.8 Å². The summed E-state index contributed by atoms with van der Waals surface area (Å²) in [5.74, 6) is -1.66. The molecule has 0 aliphatic carbocycles. The van der Waals surface area contributed by atoms with Gasteiger partial charge in [0.1, 0.15) is 12.6 Å². The monoisotopic (exact) mass is 885 g/mol. The van der Waals surface area contributed by atoms with Gasteiger partial charge in [0.25, 0.3) is 0 Å². The molecule has 0 heterocycles. The average Bonchev–Trinajstić information content (AvgIpc) is 3.22. The molecule has 0 radical (unpaired) electrons. The molecule has 0 rings (SSSR count). The molecule has 0 fully saturated rings. The van der Waals surface area contributed by atoms with Crippen LogP contribution in [0.25, 0.3) is 0 Å². The number of phosphoric ester groups is 1. The van der Waals surface area contributed by atoms with Gasteiger partial charge in [0.05, 0.1) is 25.6 Å². The van der Waals surface area contributed by atoms with Gasteiger partial charge in [-0.05, 0) is 76.7 Å². The zero-order chi connectivity index (χ0) is 44.4. The van der Waals surface area contributed by atoms with Crippen LogP contribution in [0.2, 0.25) is 0 Å². The summed E-state index contributed by atoms with van der Waals surface area (Å²) in [5.41, 5.74) is 11.6. The lowest BCUT2D eigenvalue weighted by molar-refractivity contribution is -0.154. The lowest BCUT2D eigenvalue weighted by Crippen LogP contribution is -2.40. The lowest BCUT2D eigenvalue weighted by Gasteiger charge is -2.23. The Labute approximate surface area is 367 Å². The van der Waals surface area contributed by atoms with Crippen molar-refractivity contribution in [3.05, 3.63) is 73.1 Å². The van der Waals surface area contributed by atoms with Crippen molar-refractivity contribution in [3.63, 3.8) is 0 Å². The van der Waals surface area contributed by atoms with Gasteiger partial charge in [0, 0.05) is 24.0 Å². The van der Waals surface area contributed by atoms with Crippen molar-refractivity contribution in [2.75, 3.05) is 32.1 Å². The summed E-state index contributed by atoms with van der Waals surface area (Å²) in [5, 5.41) is 19.5. The first kappa shape index (κ1) is 57.5. The fourth-order valence-corrected chi connectivity index (χ4v) is 7.56. The largest absolute Gasteiger partial charge is 0.498 e. The van der Waals surface area contributed by atoms with Gasteiger partial charge in [0.15, 0.2) is 6.10 Å². The Morgan fingerprint density at radius 2 is 1.32 bits per heavy atom. The molecule has 0 spiro atoms. The number of hydrogen-bond acceptors (Lipinski definition) is 11. The molecule has 14 heteroatoms. The van der Waals surface area contributed by atoms with Gasteiger partial charge in [-0.3, -0.25) is 18.6 Å². The maximum atomic E-state index is 13.1. The zero-order valence-electron chi connectivity index (χ0n) is 36.8. The number of aliphatic hydroxyl groups excluding tert-OH is 1. The Kier molecular flexibility index (Phi) is 40.1. The van der Waals surface area contributed by atoms with Crippen molar-refractivity contribution in [2.45, 2.75) is 172 Å². The van der Waals surface area contributed by atoms with Gasteiger partial charge in [-0.15, -0.1) is 11.8 Å². The highest BCUT2D eigenvalue weighted by atomic mass is 32.2. The number of rotatable bonds is 42. The zero-order valence-corrected chi connectivity index (χ0v) is 38.5. The molecule has 7 N–H and O–H groups in total. The Hall–Kier alpha value is -2.48. The van der Waals surface area contributed by atoms with E-state index in [-0.39, 0.29) is 44.8 Å². The molecule has 346 valence electrons. The molecule has 5 atom stereocenters. The van der Waals surface area contributed by atoms with E-state index in [1.807, 2.05) is 30.4 Å². The maximum Gasteiger partial charge on any atom is 0.472 e. The Morgan fingerprint density at radius 1 is 0.733 bits per heavy atom. The second-order valence-electron chi connectivity index (χ2n) is 14.8. The topological polar surface area (TPSA) is 201 Å². The van der Waals surface area contributed by atoms with Crippen LogP contribution in [0.15, 0.2) is 73.1 Å². The fraction of sp³-hybridized carbons (Fsp3) is 0.696. The Balaban J connectivity index is 5.06. The number of carboxylic acids is 1. The van der Waals surface area contributed by atoms with E-state index < -0.39 is 49.9 Å². The summed E-state index contributed by atoms with van der Waals surface area (Å²) < 4.78 is 33.3. The third kappa shape index (κ3) is 38.4. The number of aliphatic hydroxyl groups is 1. The van der Waals surface area contributed by atoms with Crippen LogP contribution in [0.3, 0.4) is 0 Å². The standard InChI is InChI=1S/C46H81N2O10PS/c1-3-5-7-9-11-13-15-17-18-19-20-22-24-26-28-30-36-55-38-41(39-57-59(53,54)56-37-35-47)58-46(52)42(48)40-60-44(43(49)32-31-34-45(50)51)33-29-27-25-23-21-16-14-12-10-8-6-4-2/h12,14,17-18,21,23,25,27,29-30,33,36,41-44,49H,3-11,13,15-16,19-20,22,24,26,28,31-32,34-35,37-40,47-48H2,1-2H3,(H,50,51)(H,53,54)/b14-12-,18-17-,23-21-,27-25+,33-29+,36-30+/t41-,42+,43+,44-/m1/s1. The summed E-state index contributed by atoms with van der Waals surface area (Å²) in [6, 6.07) is -1.12. The van der Waals surface area contributed by atoms with Gasteiger partial charge in [0.2, 0.25) is 0 Å². The summed E-state index contributed by atoms with van der Waals surface area (Å²) in [6.07, 6.45) is 43.2. The summed E-state index contributed by atoms with van der Waals surface area (Å²) in [7, 11) is -4.46. The number of aliphatic carboxylic acids is 1. The quantitative estimate of drug-likeness (QED) is 0.00969. The van der Waals surface area contributed by atoms with Crippen molar-refractivity contribution >= 4 is 31.5 Å². The van der Waals surface area contributed by atoms with Gasteiger partial charge in [-0.25, -0.2) is 4.57 Å². The molecular weight excluding hydrogens is 804 g/mol. The van der Waals surface area contributed by atoms with E-state index in [9.17, 15) is 24.2 Å². The van der Waals surface area contributed by atoms with Gasteiger partial charge in [-0.2, -0.15) is 0 Å². The number of carbonyl (C=O) groups excluding carboxylic acids is 1. The van der Waals surface area contributed by atoms with Crippen LogP contribution in [0.4, 0.5) is 0 Å². The highest BCUT2D eigenvalue weighted by molar-refractivity contribution is 8.00. The van der Waals surface area contributed by atoms with Crippen molar-refractivity contribution in [1.82, 2.24) is 0 Å². The highest BCUT2D eigenvalue weighted by Gasteiger charge is 2.28. The van der Waals surface area contributed by atoms with E-state index in [4.69, 9.17) is 35.1 Å². The number of allylic oxidation sites excluding steroid dienone is 10. The molecular formula is C46H81N2O10PS. The van der Waals surface area contributed by atoms with Crippen LogP contribution in [0.5, 0.6) is 0 Å². The van der Waals surface area contributed by atoms with Crippen LogP contribution in [-0.4, -0.2) is 82.7 Å². The molecule has 0 aliphatic heterocycles. The second-order valence-corrected chi connectivity index (χ2v) is 17.5. The number of carbonyl (C=O) groups is 2. The third-order valence-electron chi connectivity index (χ3n) is 9.16. The first-order valence-electron chi connectivity index (χ1n) is 22.4. The number of hydrogen-bond donors (Lipinski definition) is 5. The van der Waals surface area contributed by atoms with E-state index in [1.165, 1.54) is 88.7 Å². The summed E-state index contributed by atoms with van der Waals surface area (Å²) in [4.78, 5) is 34.1. The van der Waals surface area contributed by atoms with E-state index in [1.54, 1.807) is 12.2 Å². The number of unbranched alkanes of at least 4 members (excludes halogenated alkanes) is 14. The minimum atomic E-state index is -4.46. The van der Waals surface area contributed by atoms with Gasteiger partial charge in [-0.1, -0.05) is 132 Å². The molecule has 0 saturated carbocycles. The van der Waals surface area contributed by atoms with Crippen LogP contribution >= 0.6 is 19.6 Å². The maximum absolute atomic E-state index is 13.1. The van der Waals surface area contributed by atoms with E-state index >= 15 is 0 Å². The average molecular weight is 885 g/mol. The number of ether oxygens (including phenoxy) is 2. The SMILES string of the molecule is CCCCC/C=C\C\C=C/C=C/C=C/[C@@H](SC[C@H](N)C(=O)O[C@H](CO/C=C/CCCCCC/C=C\CCCCCCCC)COP(=O)(O)OCCN)[C@@H](O)CCCC(=O)O. The first-order chi connectivity index (χ1) is 29.1. The minimum absolute atomic E-state index is 0.0119. The van der Waals surface area contributed by atoms with Gasteiger partial charge < -0.3 is 36.0 Å². The Bertz CT molecular complexity index is 1280. The number of esters is 1. The molecule has 0 saturated heterocycles. The molecule has 0 aliphatic rings. The van der Waals surface area contributed by atoms with Gasteiger partial charge >= 0.3 is 19.8 Å². The molecule has 0 aromatic heterocycles. The Morgan fingerprint density at radius 3 is 1.97 bits per heavy atom. The predicted molar refractivity (Wildman–Crippen MR) is 248 cm³/mol. The predicted octanol–water partition coefficient (Wildman–Crippen LogP) is 10.4. The number of nitrogens with two attached hydrogens (primary N) is 2. The first-order valence-corrected chi connectivity index (χ1v) is 25.0. The van der Waals surface area contributed by atoms with Crippen LogP contribution in [0, 0.1) is 0 Å². The van der Waals surface area contributed by atoms with Crippen molar-refractivity contribution in [1.29, 1.82) is 0 Å². The fourth-order valence-electron chi connectivity index (χ4n) is 5.67. The summed E-state index contributed by atoms with van der Waals surface area (Å²) >= 11 is 1.24. The molecule has 60 heavy (non-hydrogen) atoms. The van der Waals surface area contributed by atoms with Crippen LogP contribution in [-0.2, 0) is 32.7 Å². The van der Waals surface area contributed by atoms with Crippen LogP contribution < -0.4 is 11.5 Å². The van der Waals surface area contributed by atoms with Crippen LogP contribution in [0.1, 0.15) is 149 Å². The number of carboxylic acid groups (broad SMARTS) is 1. The third-order valence-corrected chi connectivity index (χ3v) is 11.6.